The first-order chi connectivity index (χ1) is 6.76. The van der Waals surface area contributed by atoms with Gasteiger partial charge < -0.3 is 10.5 Å². The summed E-state index contributed by atoms with van der Waals surface area (Å²) < 4.78 is 6.89. The van der Waals surface area contributed by atoms with Crippen LogP contribution in [-0.4, -0.2) is 29.5 Å². The van der Waals surface area contributed by atoms with Gasteiger partial charge in [-0.15, -0.1) is 0 Å². The highest BCUT2D eigenvalue weighted by Gasteiger charge is 2.05. The zero-order chi connectivity index (χ0) is 10.4. The van der Waals surface area contributed by atoms with Crippen molar-refractivity contribution in [3.05, 3.63) is 18.0 Å². The lowest BCUT2D eigenvalue weighted by Crippen LogP contribution is -2.24. The summed E-state index contributed by atoms with van der Waals surface area (Å²) in [6, 6.07) is 0.171. The van der Waals surface area contributed by atoms with Gasteiger partial charge in [-0.05, 0) is 25.3 Å². The Morgan fingerprint density at radius 3 is 3.00 bits per heavy atom. The Morgan fingerprint density at radius 2 is 2.43 bits per heavy atom. The number of nitrogens with zero attached hydrogens (tertiary/aromatic N) is 2. The molecule has 1 unspecified atom stereocenters. The summed E-state index contributed by atoms with van der Waals surface area (Å²) in [5, 5.41) is 4.20. The van der Waals surface area contributed by atoms with Crippen LogP contribution in [0.15, 0.2) is 12.4 Å². The van der Waals surface area contributed by atoms with Crippen molar-refractivity contribution < 1.29 is 4.74 Å². The highest BCUT2D eigenvalue weighted by atomic mass is 16.5. The average molecular weight is 197 g/mol. The van der Waals surface area contributed by atoms with Crippen LogP contribution >= 0.6 is 0 Å². The third-order valence-corrected chi connectivity index (χ3v) is 2.20. The van der Waals surface area contributed by atoms with Crippen molar-refractivity contribution >= 4 is 0 Å². The molecule has 0 fully saturated rings. The van der Waals surface area contributed by atoms with E-state index in [1.807, 2.05) is 17.1 Å². The third kappa shape index (κ3) is 3.47. The fourth-order valence-electron chi connectivity index (χ4n) is 1.36. The molecule has 0 saturated carbocycles. The first-order valence-electron chi connectivity index (χ1n) is 5.02. The molecule has 4 heteroatoms. The zero-order valence-electron chi connectivity index (χ0n) is 8.94. The molecule has 14 heavy (non-hydrogen) atoms. The van der Waals surface area contributed by atoms with Crippen molar-refractivity contribution in [3.63, 3.8) is 0 Å². The molecule has 0 saturated heterocycles. The second kappa shape index (κ2) is 5.78. The topological polar surface area (TPSA) is 53.1 Å². The van der Waals surface area contributed by atoms with Gasteiger partial charge in [-0.1, -0.05) is 0 Å². The zero-order valence-corrected chi connectivity index (χ0v) is 8.94. The van der Waals surface area contributed by atoms with Gasteiger partial charge in [-0.25, -0.2) is 0 Å². The molecule has 0 aliphatic rings. The van der Waals surface area contributed by atoms with Gasteiger partial charge in [-0.3, -0.25) is 4.68 Å². The monoisotopic (exact) mass is 197 g/mol. The Morgan fingerprint density at radius 1 is 1.64 bits per heavy atom. The van der Waals surface area contributed by atoms with Crippen molar-refractivity contribution in [2.75, 3.05) is 13.7 Å². The number of aromatic nitrogens is 2. The van der Waals surface area contributed by atoms with Gasteiger partial charge in [0.2, 0.25) is 0 Å². The molecule has 4 nitrogen and oxygen atoms in total. The molecule has 0 amide bonds. The Balaban J connectivity index is 2.35. The molecule has 80 valence electrons. The minimum Gasteiger partial charge on any atom is -0.385 e. The minimum atomic E-state index is 0.171. The molecule has 2 N–H and O–H groups in total. The predicted molar refractivity (Wildman–Crippen MR) is 56.1 cm³/mol. The summed E-state index contributed by atoms with van der Waals surface area (Å²) in [6.45, 7) is 3.71. The van der Waals surface area contributed by atoms with E-state index >= 15 is 0 Å². The number of rotatable bonds is 6. The van der Waals surface area contributed by atoms with Gasteiger partial charge >= 0.3 is 0 Å². The van der Waals surface area contributed by atoms with E-state index in [2.05, 4.69) is 12.0 Å². The van der Waals surface area contributed by atoms with E-state index in [-0.39, 0.29) is 6.04 Å². The molecule has 0 radical (unpaired) electrons. The maximum atomic E-state index is 5.93. The molecule has 0 aliphatic carbocycles. The second-order valence-corrected chi connectivity index (χ2v) is 3.45. The van der Waals surface area contributed by atoms with Crippen molar-refractivity contribution in [2.45, 2.75) is 32.4 Å². The molecule has 0 bridgehead atoms. The standard InChI is InChI=1S/C10H19N3O/c1-3-13-8-9(7-12-13)6-10(11)4-5-14-2/h7-8,10H,3-6,11H2,1-2H3. The summed E-state index contributed by atoms with van der Waals surface area (Å²) >= 11 is 0. The Hall–Kier alpha value is -0.870. The summed E-state index contributed by atoms with van der Waals surface area (Å²) in [7, 11) is 1.70. The Kier molecular flexibility index (Phi) is 4.62. The van der Waals surface area contributed by atoms with Crippen molar-refractivity contribution in [3.8, 4) is 0 Å². The average Bonchev–Trinajstić information content (AvgIpc) is 2.62. The molecular weight excluding hydrogens is 178 g/mol. The minimum absolute atomic E-state index is 0.171. The van der Waals surface area contributed by atoms with E-state index in [1.54, 1.807) is 7.11 Å². The predicted octanol–water partition coefficient (Wildman–Crippen LogP) is 0.809. The summed E-state index contributed by atoms with van der Waals surface area (Å²) in [6.07, 6.45) is 5.71. The van der Waals surface area contributed by atoms with Crippen LogP contribution in [0.2, 0.25) is 0 Å². The van der Waals surface area contributed by atoms with Crippen molar-refractivity contribution in [1.82, 2.24) is 9.78 Å². The van der Waals surface area contributed by atoms with Gasteiger partial charge in [0.25, 0.3) is 0 Å². The second-order valence-electron chi connectivity index (χ2n) is 3.45. The lowest BCUT2D eigenvalue weighted by molar-refractivity contribution is 0.188. The van der Waals surface area contributed by atoms with Crippen LogP contribution in [-0.2, 0) is 17.7 Å². The molecule has 1 aromatic rings. The number of methoxy groups -OCH3 is 1. The SMILES string of the molecule is CCn1cc(CC(N)CCOC)cn1. The van der Waals surface area contributed by atoms with Gasteiger partial charge in [0, 0.05) is 32.5 Å². The molecule has 0 spiro atoms. The van der Waals surface area contributed by atoms with Gasteiger partial charge in [0.1, 0.15) is 0 Å². The maximum absolute atomic E-state index is 5.93. The molecule has 1 atom stereocenters. The highest BCUT2D eigenvalue weighted by molar-refractivity contribution is 5.05. The van der Waals surface area contributed by atoms with E-state index in [4.69, 9.17) is 10.5 Å². The van der Waals surface area contributed by atoms with Crippen LogP contribution in [0.3, 0.4) is 0 Å². The lowest BCUT2D eigenvalue weighted by atomic mass is 10.1. The van der Waals surface area contributed by atoms with Crippen LogP contribution < -0.4 is 5.73 Å². The molecular formula is C10H19N3O. The Bertz CT molecular complexity index is 260. The van der Waals surface area contributed by atoms with Crippen LogP contribution in [0.4, 0.5) is 0 Å². The first kappa shape index (κ1) is 11.2. The third-order valence-electron chi connectivity index (χ3n) is 2.20. The quantitative estimate of drug-likeness (QED) is 0.734. The highest BCUT2D eigenvalue weighted by Crippen LogP contribution is 2.03. The van der Waals surface area contributed by atoms with Crippen LogP contribution in [0.25, 0.3) is 0 Å². The summed E-state index contributed by atoms with van der Waals surface area (Å²) in [5.41, 5.74) is 7.13. The number of ether oxygens (including phenoxy) is 1. The normalized spacial score (nSPS) is 13.1. The summed E-state index contributed by atoms with van der Waals surface area (Å²) in [4.78, 5) is 0. The molecule has 1 aromatic heterocycles. The van der Waals surface area contributed by atoms with Gasteiger partial charge in [0.05, 0.1) is 6.20 Å². The van der Waals surface area contributed by atoms with Crippen molar-refractivity contribution in [1.29, 1.82) is 0 Å². The Labute approximate surface area is 85.0 Å². The van der Waals surface area contributed by atoms with E-state index in [9.17, 15) is 0 Å². The largest absolute Gasteiger partial charge is 0.385 e. The van der Waals surface area contributed by atoms with Crippen molar-refractivity contribution in [2.24, 2.45) is 5.73 Å². The lowest BCUT2D eigenvalue weighted by Gasteiger charge is -2.08. The van der Waals surface area contributed by atoms with Gasteiger partial charge in [0.15, 0.2) is 0 Å². The van der Waals surface area contributed by atoms with E-state index in [0.717, 1.165) is 26.0 Å². The molecule has 1 rings (SSSR count). The molecule has 1 heterocycles. The number of aryl methyl sites for hydroxylation is 1. The number of nitrogens with two attached hydrogens (primary N) is 1. The fraction of sp³-hybridized carbons (Fsp3) is 0.700. The number of hydrogen-bond donors (Lipinski definition) is 1. The maximum Gasteiger partial charge on any atom is 0.0522 e. The fourth-order valence-corrected chi connectivity index (χ4v) is 1.36. The number of hydrogen-bond acceptors (Lipinski definition) is 3. The summed E-state index contributed by atoms with van der Waals surface area (Å²) in [5.74, 6) is 0. The first-order valence-corrected chi connectivity index (χ1v) is 5.02. The van der Waals surface area contributed by atoms with Crippen LogP contribution in [0.5, 0.6) is 0 Å². The van der Waals surface area contributed by atoms with E-state index < -0.39 is 0 Å². The van der Waals surface area contributed by atoms with Gasteiger partial charge in [-0.2, -0.15) is 5.10 Å². The van der Waals surface area contributed by atoms with E-state index in [0.29, 0.717) is 0 Å². The van der Waals surface area contributed by atoms with Crippen LogP contribution in [0.1, 0.15) is 18.9 Å². The van der Waals surface area contributed by atoms with E-state index in [1.165, 1.54) is 5.56 Å². The van der Waals surface area contributed by atoms with Crippen LogP contribution in [0, 0.1) is 0 Å². The molecule has 0 aliphatic heterocycles. The smallest absolute Gasteiger partial charge is 0.0522 e. The molecule has 0 aromatic carbocycles.